The van der Waals surface area contributed by atoms with E-state index in [1.165, 1.54) is 38.4 Å². The minimum absolute atomic E-state index is 0.309. The predicted molar refractivity (Wildman–Crippen MR) is 58.2 cm³/mol. The van der Waals surface area contributed by atoms with E-state index in [-0.39, 0.29) is 0 Å². The molecule has 0 amide bonds. The van der Waals surface area contributed by atoms with Crippen LogP contribution in [-0.2, 0) is 4.79 Å². The van der Waals surface area contributed by atoms with E-state index in [4.69, 9.17) is 0 Å². The molecule has 4 aliphatic rings. The Morgan fingerprint density at radius 2 is 2.13 bits per heavy atom. The van der Waals surface area contributed by atoms with Gasteiger partial charge in [0.25, 0.3) is 0 Å². The number of carbonyl (C=O) groups excluding carboxylic acids is 1. The van der Waals surface area contributed by atoms with Crippen LogP contribution in [0.15, 0.2) is 12.2 Å². The number of allylic oxidation sites excluding steroid dienone is 2. The van der Waals surface area contributed by atoms with Gasteiger partial charge >= 0.3 is 0 Å². The lowest BCUT2D eigenvalue weighted by Gasteiger charge is -2.57. The van der Waals surface area contributed by atoms with Crippen molar-refractivity contribution < 1.29 is 4.79 Å². The van der Waals surface area contributed by atoms with Crippen LogP contribution in [0.2, 0.25) is 0 Å². The lowest BCUT2D eigenvalue weighted by molar-refractivity contribution is -0.117. The van der Waals surface area contributed by atoms with Crippen LogP contribution < -0.4 is 0 Å². The van der Waals surface area contributed by atoms with Crippen LogP contribution in [0.4, 0.5) is 0 Å². The molecule has 1 spiro atoms. The number of hydrogen-bond donors (Lipinski definition) is 0. The topological polar surface area (TPSA) is 17.1 Å². The van der Waals surface area contributed by atoms with Crippen LogP contribution in [0.3, 0.4) is 0 Å². The molecule has 0 aromatic carbocycles. The molecule has 0 aromatic rings. The third kappa shape index (κ3) is 0.661. The molecule has 4 aliphatic carbocycles. The summed E-state index contributed by atoms with van der Waals surface area (Å²) in [6.45, 7) is 0. The van der Waals surface area contributed by atoms with E-state index in [0.717, 1.165) is 24.2 Å². The Kier molecular flexibility index (Phi) is 1.36. The number of carbonyl (C=O) groups is 1. The van der Waals surface area contributed by atoms with Gasteiger partial charge < -0.3 is 4.79 Å². The Hall–Kier alpha value is -0.590. The molecule has 0 N–H and O–H groups in total. The monoisotopic (exact) mass is 202 g/mol. The van der Waals surface area contributed by atoms with E-state index in [1.807, 2.05) is 0 Å². The van der Waals surface area contributed by atoms with Crippen LogP contribution in [0.5, 0.6) is 0 Å². The van der Waals surface area contributed by atoms with E-state index in [2.05, 4.69) is 12.2 Å². The van der Waals surface area contributed by atoms with Gasteiger partial charge in [-0.2, -0.15) is 0 Å². The Morgan fingerprint density at radius 3 is 3.00 bits per heavy atom. The van der Waals surface area contributed by atoms with E-state index < -0.39 is 0 Å². The van der Waals surface area contributed by atoms with Gasteiger partial charge in [0.15, 0.2) is 0 Å². The Bertz CT molecular complexity index is 358. The third-order valence-corrected chi connectivity index (χ3v) is 6.26. The maximum Gasteiger partial charge on any atom is 0.120 e. The zero-order valence-electron chi connectivity index (χ0n) is 9.11. The first-order chi connectivity index (χ1) is 7.33. The fourth-order valence-corrected chi connectivity index (χ4v) is 5.95. The molecule has 3 fully saturated rings. The summed E-state index contributed by atoms with van der Waals surface area (Å²) in [5.41, 5.74) is 0.886. The largest absolute Gasteiger partial charge is 0.303 e. The van der Waals surface area contributed by atoms with E-state index in [0.29, 0.717) is 10.8 Å². The second kappa shape index (κ2) is 2.39. The molecule has 4 rings (SSSR count). The van der Waals surface area contributed by atoms with Crippen molar-refractivity contribution in [3.05, 3.63) is 12.2 Å². The molecule has 3 saturated carbocycles. The average Bonchev–Trinajstić information content (AvgIpc) is 2.73. The second-order valence-electron chi connectivity index (χ2n) is 6.17. The molecule has 0 heterocycles. The molecule has 1 unspecified atom stereocenters. The third-order valence-electron chi connectivity index (χ3n) is 6.26. The molecular weight excluding hydrogens is 184 g/mol. The lowest BCUT2D eigenvalue weighted by atomic mass is 9.46. The average molecular weight is 202 g/mol. The van der Waals surface area contributed by atoms with Crippen molar-refractivity contribution in [3.63, 3.8) is 0 Å². The van der Waals surface area contributed by atoms with Crippen LogP contribution in [0.25, 0.3) is 0 Å². The standard InChI is InChI=1S/C14H18O/c15-8-7-13-5-3-10-1-2-11-9-12(4-6-13)14(10,11)13/h4,6,8,10-12H,1-3,5,7,9H2/t10-,11-,12-,13-,14?/m1/s1. The van der Waals surface area contributed by atoms with Gasteiger partial charge in [-0.1, -0.05) is 12.2 Å². The molecule has 1 nitrogen and oxygen atoms in total. The molecule has 0 radical (unpaired) electrons. The van der Waals surface area contributed by atoms with E-state index in [9.17, 15) is 4.79 Å². The van der Waals surface area contributed by atoms with Crippen molar-refractivity contribution in [3.8, 4) is 0 Å². The summed E-state index contributed by atoms with van der Waals surface area (Å²) in [6, 6.07) is 0. The zero-order valence-corrected chi connectivity index (χ0v) is 9.11. The van der Waals surface area contributed by atoms with Gasteiger partial charge in [-0.15, -0.1) is 0 Å². The molecular formula is C14H18O. The molecule has 80 valence electrons. The first-order valence-corrected chi connectivity index (χ1v) is 6.46. The first kappa shape index (κ1) is 8.55. The van der Waals surface area contributed by atoms with Crippen molar-refractivity contribution >= 4 is 6.29 Å². The SMILES string of the molecule is O=CC[C@]12C=C[C@@H]3C[C@H]4CC[C@H](CC1)C432. The quantitative estimate of drug-likeness (QED) is 0.497. The van der Waals surface area contributed by atoms with Crippen LogP contribution in [0, 0.1) is 28.6 Å². The maximum absolute atomic E-state index is 11.0. The molecule has 0 bridgehead atoms. The Labute approximate surface area is 90.9 Å². The highest BCUT2D eigenvalue weighted by Crippen LogP contribution is 2.80. The number of rotatable bonds is 2. The maximum atomic E-state index is 11.0. The summed E-state index contributed by atoms with van der Waals surface area (Å²) in [4.78, 5) is 11.0. The summed E-state index contributed by atoms with van der Waals surface area (Å²) >= 11 is 0. The normalized spacial score (nSPS) is 58.8. The van der Waals surface area contributed by atoms with E-state index in [1.54, 1.807) is 0 Å². The summed E-state index contributed by atoms with van der Waals surface area (Å²) < 4.78 is 0. The molecule has 0 aliphatic heterocycles. The van der Waals surface area contributed by atoms with E-state index >= 15 is 0 Å². The van der Waals surface area contributed by atoms with Crippen LogP contribution in [0.1, 0.15) is 38.5 Å². The first-order valence-electron chi connectivity index (χ1n) is 6.46. The number of hydrogen-bond acceptors (Lipinski definition) is 1. The van der Waals surface area contributed by atoms with Crippen molar-refractivity contribution in [2.75, 3.05) is 0 Å². The van der Waals surface area contributed by atoms with Gasteiger partial charge in [0.05, 0.1) is 0 Å². The summed E-state index contributed by atoms with van der Waals surface area (Å²) in [5.74, 6) is 2.76. The predicted octanol–water partition coefficient (Wildman–Crippen LogP) is 2.96. The molecule has 5 atom stereocenters. The summed E-state index contributed by atoms with van der Waals surface area (Å²) in [5, 5.41) is 0. The molecule has 0 aromatic heterocycles. The van der Waals surface area contributed by atoms with Gasteiger partial charge in [-0.05, 0) is 55.3 Å². The second-order valence-corrected chi connectivity index (χ2v) is 6.17. The van der Waals surface area contributed by atoms with Gasteiger partial charge in [0.1, 0.15) is 6.29 Å². The van der Waals surface area contributed by atoms with Gasteiger partial charge in [0.2, 0.25) is 0 Å². The molecule has 15 heavy (non-hydrogen) atoms. The van der Waals surface area contributed by atoms with Gasteiger partial charge in [-0.3, -0.25) is 0 Å². The fraction of sp³-hybridized carbons (Fsp3) is 0.786. The van der Waals surface area contributed by atoms with Crippen LogP contribution >= 0.6 is 0 Å². The van der Waals surface area contributed by atoms with Gasteiger partial charge in [0, 0.05) is 11.8 Å². The zero-order chi connectivity index (χ0) is 10.1. The minimum Gasteiger partial charge on any atom is -0.303 e. The van der Waals surface area contributed by atoms with Gasteiger partial charge in [-0.25, -0.2) is 0 Å². The Morgan fingerprint density at radius 1 is 1.27 bits per heavy atom. The van der Waals surface area contributed by atoms with Crippen molar-refractivity contribution in [1.82, 2.24) is 0 Å². The smallest absolute Gasteiger partial charge is 0.120 e. The summed E-state index contributed by atoms with van der Waals surface area (Å²) in [7, 11) is 0. The van der Waals surface area contributed by atoms with Crippen molar-refractivity contribution in [2.45, 2.75) is 38.5 Å². The van der Waals surface area contributed by atoms with Crippen molar-refractivity contribution in [1.29, 1.82) is 0 Å². The van der Waals surface area contributed by atoms with Crippen molar-refractivity contribution in [2.24, 2.45) is 28.6 Å². The molecule has 0 saturated heterocycles. The lowest BCUT2D eigenvalue weighted by Crippen LogP contribution is -2.52. The Balaban J connectivity index is 1.86. The van der Waals surface area contributed by atoms with Crippen LogP contribution in [-0.4, -0.2) is 6.29 Å². The highest BCUT2D eigenvalue weighted by Gasteiger charge is 2.73. The number of aldehydes is 1. The minimum atomic E-state index is 0.309. The fourth-order valence-electron chi connectivity index (χ4n) is 5.95. The highest BCUT2D eigenvalue weighted by molar-refractivity contribution is 5.54. The molecule has 1 heteroatoms. The highest BCUT2D eigenvalue weighted by atomic mass is 16.1. The summed E-state index contributed by atoms with van der Waals surface area (Å²) in [6.07, 6.45) is 13.9.